The molecule has 0 radical (unpaired) electrons. The molecule has 1 saturated carbocycles. The highest BCUT2D eigenvalue weighted by molar-refractivity contribution is 6.32. The van der Waals surface area contributed by atoms with Crippen molar-refractivity contribution in [2.24, 2.45) is 5.92 Å². The van der Waals surface area contributed by atoms with Crippen LogP contribution in [0.5, 0.6) is 5.75 Å². The van der Waals surface area contributed by atoms with Gasteiger partial charge in [-0.05, 0) is 30.9 Å². The number of ether oxygens (including phenoxy) is 1. The molecule has 1 aromatic rings. The molecule has 3 unspecified atom stereocenters. The molecular formula is C15H22ClNO2. The number of nitrogens with one attached hydrogen (secondary N) is 1. The lowest BCUT2D eigenvalue weighted by Crippen LogP contribution is -2.39. The first-order valence-electron chi connectivity index (χ1n) is 6.95. The fourth-order valence-electron chi connectivity index (χ4n) is 2.54. The van der Waals surface area contributed by atoms with Crippen molar-refractivity contribution in [1.29, 1.82) is 0 Å². The molecule has 0 aromatic heterocycles. The van der Waals surface area contributed by atoms with Gasteiger partial charge in [-0.15, -0.1) is 0 Å². The van der Waals surface area contributed by atoms with Crippen LogP contribution in [0.25, 0.3) is 0 Å². The summed E-state index contributed by atoms with van der Waals surface area (Å²) in [6.07, 6.45) is 3.26. The van der Waals surface area contributed by atoms with Crippen LogP contribution in [0.4, 0.5) is 0 Å². The maximum Gasteiger partial charge on any atom is 0.138 e. The number of para-hydroxylation sites is 1. The van der Waals surface area contributed by atoms with Gasteiger partial charge >= 0.3 is 0 Å². The van der Waals surface area contributed by atoms with E-state index in [-0.39, 0.29) is 6.61 Å². The Hall–Kier alpha value is -0.770. The van der Waals surface area contributed by atoms with E-state index in [1.54, 1.807) is 6.07 Å². The van der Waals surface area contributed by atoms with Crippen LogP contribution >= 0.6 is 11.6 Å². The zero-order chi connectivity index (χ0) is 13.7. The Morgan fingerprint density at radius 1 is 1.42 bits per heavy atom. The van der Waals surface area contributed by atoms with E-state index >= 15 is 0 Å². The van der Waals surface area contributed by atoms with Crippen LogP contribution in [0.1, 0.15) is 26.2 Å². The maximum atomic E-state index is 9.92. The summed E-state index contributed by atoms with van der Waals surface area (Å²) < 4.78 is 5.52. The van der Waals surface area contributed by atoms with Gasteiger partial charge in [-0.25, -0.2) is 0 Å². The zero-order valence-electron chi connectivity index (χ0n) is 11.3. The summed E-state index contributed by atoms with van der Waals surface area (Å²) in [6.45, 7) is 3.09. The molecule has 1 aromatic carbocycles. The van der Waals surface area contributed by atoms with Gasteiger partial charge in [0.05, 0.1) is 5.02 Å². The van der Waals surface area contributed by atoms with Gasteiger partial charge in [0.2, 0.25) is 0 Å². The third kappa shape index (κ3) is 4.37. The smallest absolute Gasteiger partial charge is 0.138 e. The van der Waals surface area contributed by atoms with E-state index < -0.39 is 6.10 Å². The molecule has 0 heterocycles. The molecular weight excluding hydrogens is 262 g/mol. The Balaban J connectivity index is 1.70. The zero-order valence-corrected chi connectivity index (χ0v) is 12.1. The minimum atomic E-state index is -0.510. The standard InChI is InChI=1S/C15H22ClNO2/c1-11-5-4-7-14(11)17-9-12(18)10-19-15-8-3-2-6-13(15)16/h2-3,6,8,11-12,14,17-18H,4-5,7,9-10H2,1H3. The molecule has 0 amide bonds. The van der Waals surface area contributed by atoms with Crippen molar-refractivity contribution in [2.75, 3.05) is 13.2 Å². The van der Waals surface area contributed by atoms with Gasteiger partial charge in [0.25, 0.3) is 0 Å². The Morgan fingerprint density at radius 3 is 2.89 bits per heavy atom. The van der Waals surface area contributed by atoms with E-state index in [9.17, 15) is 5.11 Å². The van der Waals surface area contributed by atoms with E-state index in [0.29, 0.717) is 29.3 Å². The van der Waals surface area contributed by atoms with Gasteiger partial charge in [-0.3, -0.25) is 0 Å². The van der Waals surface area contributed by atoms with Crippen molar-refractivity contribution in [3.63, 3.8) is 0 Å². The average molecular weight is 284 g/mol. The predicted molar refractivity (Wildman–Crippen MR) is 77.8 cm³/mol. The van der Waals surface area contributed by atoms with E-state index in [1.807, 2.05) is 18.2 Å². The van der Waals surface area contributed by atoms with E-state index in [0.717, 1.165) is 0 Å². The van der Waals surface area contributed by atoms with Crippen molar-refractivity contribution >= 4 is 11.6 Å². The summed E-state index contributed by atoms with van der Waals surface area (Å²) in [5, 5.41) is 13.9. The molecule has 2 N–H and O–H groups in total. The van der Waals surface area contributed by atoms with Crippen molar-refractivity contribution in [2.45, 2.75) is 38.3 Å². The van der Waals surface area contributed by atoms with E-state index in [2.05, 4.69) is 12.2 Å². The summed E-state index contributed by atoms with van der Waals surface area (Å²) in [6, 6.07) is 7.85. The molecule has 4 heteroatoms. The molecule has 0 saturated heterocycles. The molecule has 0 bridgehead atoms. The van der Waals surface area contributed by atoms with Crippen LogP contribution in [-0.4, -0.2) is 30.4 Å². The Labute approximate surface area is 119 Å². The summed E-state index contributed by atoms with van der Waals surface area (Å²) in [7, 11) is 0. The summed E-state index contributed by atoms with van der Waals surface area (Å²) in [5.74, 6) is 1.33. The Morgan fingerprint density at radius 2 is 2.21 bits per heavy atom. The van der Waals surface area contributed by atoms with Crippen molar-refractivity contribution in [3.05, 3.63) is 29.3 Å². The fourth-order valence-corrected chi connectivity index (χ4v) is 2.73. The first-order valence-corrected chi connectivity index (χ1v) is 7.33. The third-order valence-electron chi connectivity index (χ3n) is 3.75. The first-order chi connectivity index (χ1) is 9.16. The minimum Gasteiger partial charge on any atom is -0.489 e. The number of benzene rings is 1. The van der Waals surface area contributed by atoms with Crippen molar-refractivity contribution < 1.29 is 9.84 Å². The Bertz CT molecular complexity index is 399. The topological polar surface area (TPSA) is 41.5 Å². The second-order valence-electron chi connectivity index (χ2n) is 5.32. The first kappa shape index (κ1) is 14.6. The van der Waals surface area contributed by atoms with Crippen LogP contribution in [0, 0.1) is 5.92 Å². The maximum absolute atomic E-state index is 9.92. The highest BCUT2D eigenvalue weighted by Crippen LogP contribution is 2.25. The molecule has 3 nitrogen and oxygen atoms in total. The average Bonchev–Trinajstić information content (AvgIpc) is 2.81. The second-order valence-corrected chi connectivity index (χ2v) is 5.73. The molecule has 0 spiro atoms. The van der Waals surface area contributed by atoms with Gasteiger partial charge in [0, 0.05) is 12.6 Å². The number of hydrogen-bond acceptors (Lipinski definition) is 3. The fraction of sp³-hybridized carbons (Fsp3) is 0.600. The van der Waals surface area contributed by atoms with Crippen molar-refractivity contribution in [1.82, 2.24) is 5.32 Å². The number of hydrogen-bond donors (Lipinski definition) is 2. The molecule has 1 aliphatic carbocycles. The molecule has 2 rings (SSSR count). The van der Waals surface area contributed by atoms with Crippen LogP contribution in [0.2, 0.25) is 5.02 Å². The highest BCUT2D eigenvalue weighted by atomic mass is 35.5. The van der Waals surface area contributed by atoms with E-state index in [4.69, 9.17) is 16.3 Å². The third-order valence-corrected chi connectivity index (χ3v) is 4.06. The normalized spacial score (nSPS) is 24.4. The van der Waals surface area contributed by atoms with Gasteiger partial charge in [-0.1, -0.05) is 37.1 Å². The number of aliphatic hydroxyl groups is 1. The monoisotopic (exact) mass is 283 g/mol. The molecule has 1 aliphatic rings. The molecule has 3 atom stereocenters. The SMILES string of the molecule is CC1CCCC1NCC(O)COc1ccccc1Cl. The van der Waals surface area contributed by atoms with Gasteiger partial charge in [0.15, 0.2) is 0 Å². The number of aliphatic hydroxyl groups excluding tert-OH is 1. The van der Waals surface area contributed by atoms with Gasteiger partial charge in [-0.2, -0.15) is 0 Å². The van der Waals surface area contributed by atoms with Crippen LogP contribution in [0.15, 0.2) is 24.3 Å². The highest BCUT2D eigenvalue weighted by Gasteiger charge is 2.23. The summed E-state index contributed by atoms with van der Waals surface area (Å²) >= 11 is 5.99. The lowest BCUT2D eigenvalue weighted by Gasteiger charge is -2.20. The van der Waals surface area contributed by atoms with Crippen molar-refractivity contribution in [3.8, 4) is 5.75 Å². The van der Waals surface area contributed by atoms with Crippen LogP contribution < -0.4 is 10.1 Å². The van der Waals surface area contributed by atoms with Gasteiger partial charge in [0.1, 0.15) is 18.5 Å². The molecule has 1 fully saturated rings. The number of rotatable bonds is 6. The molecule has 106 valence electrons. The quantitative estimate of drug-likeness (QED) is 0.843. The van der Waals surface area contributed by atoms with Gasteiger partial charge < -0.3 is 15.2 Å². The largest absolute Gasteiger partial charge is 0.489 e. The minimum absolute atomic E-state index is 0.262. The number of halogens is 1. The Kier molecular flexibility index (Phi) is 5.49. The predicted octanol–water partition coefficient (Wildman–Crippen LogP) is 2.86. The van der Waals surface area contributed by atoms with E-state index in [1.165, 1.54) is 19.3 Å². The second kappa shape index (κ2) is 7.13. The lowest BCUT2D eigenvalue weighted by molar-refractivity contribution is 0.102. The summed E-state index contributed by atoms with van der Waals surface area (Å²) in [4.78, 5) is 0. The lowest BCUT2D eigenvalue weighted by atomic mass is 10.1. The molecule has 19 heavy (non-hydrogen) atoms. The van der Waals surface area contributed by atoms with Crippen LogP contribution in [0.3, 0.4) is 0 Å². The summed E-state index contributed by atoms with van der Waals surface area (Å²) in [5.41, 5.74) is 0. The molecule has 0 aliphatic heterocycles. The van der Waals surface area contributed by atoms with Crippen LogP contribution in [-0.2, 0) is 0 Å².